The van der Waals surface area contributed by atoms with Crippen LogP contribution in [0.1, 0.15) is 0 Å². The quantitative estimate of drug-likeness (QED) is 0.686. The van der Waals surface area contributed by atoms with Gasteiger partial charge in [-0.05, 0) is 0 Å². The number of rotatable bonds is 4. The Hall–Kier alpha value is -2.44. The summed E-state index contributed by atoms with van der Waals surface area (Å²) >= 11 is 0. The first-order valence-electron chi connectivity index (χ1n) is 5.27. The van der Waals surface area contributed by atoms with E-state index in [0.717, 1.165) is 29.9 Å². The number of hydrogen-bond donors (Lipinski definition) is 2. The third kappa shape index (κ3) is 1.94. The summed E-state index contributed by atoms with van der Waals surface area (Å²) in [6.45, 7) is 1.61. The molecule has 86 valence electrons. The highest BCUT2D eigenvalue weighted by Crippen LogP contribution is 2.15. The van der Waals surface area contributed by atoms with Crippen molar-refractivity contribution in [3.05, 3.63) is 31.2 Å². The monoisotopic (exact) mass is 229 g/mol. The zero-order valence-electron chi connectivity index (χ0n) is 9.04. The molecule has 0 bridgehead atoms. The number of aromatic nitrogens is 6. The van der Waals surface area contributed by atoms with Gasteiger partial charge in [0.1, 0.15) is 12.1 Å². The van der Waals surface area contributed by atoms with Crippen molar-refractivity contribution in [1.82, 2.24) is 29.7 Å². The number of fused-ring (bicyclic) bond motifs is 1. The van der Waals surface area contributed by atoms with Gasteiger partial charge in [0.25, 0.3) is 0 Å². The largest absolute Gasteiger partial charge is 0.368 e. The maximum atomic E-state index is 4.19. The number of anilines is 1. The first-order valence-corrected chi connectivity index (χ1v) is 5.27. The summed E-state index contributed by atoms with van der Waals surface area (Å²) in [6, 6.07) is 0. The van der Waals surface area contributed by atoms with Crippen molar-refractivity contribution in [3.63, 3.8) is 0 Å². The van der Waals surface area contributed by atoms with Crippen LogP contribution in [0.2, 0.25) is 0 Å². The fourth-order valence-corrected chi connectivity index (χ4v) is 1.63. The minimum Gasteiger partial charge on any atom is -0.368 e. The van der Waals surface area contributed by atoms with E-state index < -0.39 is 0 Å². The van der Waals surface area contributed by atoms with Crippen LogP contribution in [0.25, 0.3) is 11.0 Å². The predicted molar refractivity (Wildman–Crippen MR) is 62.4 cm³/mol. The molecule has 7 nitrogen and oxygen atoms in total. The van der Waals surface area contributed by atoms with Crippen LogP contribution in [-0.2, 0) is 6.54 Å². The highest BCUT2D eigenvalue weighted by Gasteiger charge is 2.03. The average molecular weight is 229 g/mol. The van der Waals surface area contributed by atoms with Gasteiger partial charge >= 0.3 is 0 Å². The second kappa shape index (κ2) is 4.20. The molecule has 0 aliphatic rings. The zero-order chi connectivity index (χ0) is 11.5. The van der Waals surface area contributed by atoms with Crippen LogP contribution in [0.3, 0.4) is 0 Å². The van der Waals surface area contributed by atoms with Crippen molar-refractivity contribution in [3.8, 4) is 0 Å². The smallest absolute Gasteiger partial charge is 0.160 e. The second-order valence-electron chi connectivity index (χ2n) is 3.58. The van der Waals surface area contributed by atoms with E-state index in [4.69, 9.17) is 0 Å². The highest BCUT2D eigenvalue weighted by atomic mass is 15.2. The molecular weight excluding hydrogens is 218 g/mol. The van der Waals surface area contributed by atoms with E-state index in [-0.39, 0.29) is 0 Å². The van der Waals surface area contributed by atoms with Gasteiger partial charge in [0.2, 0.25) is 0 Å². The molecule has 0 unspecified atom stereocenters. The summed E-state index contributed by atoms with van der Waals surface area (Å²) in [6.07, 6.45) is 8.71. The molecule has 3 rings (SSSR count). The molecule has 17 heavy (non-hydrogen) atoms. The molecule has 0 aliphatic carbocycles. The van der Waals surface area contributed by atoms with E-state index in [0.29, 0.717) is 0 Å². The Balaban J connectivity index is 1.70. The van der Waals surface area contributed by atoms with E-state index >= 15 is 0 Å². The molecule has 2 N–H and O–H groups in total. The Morgan fingerprint density at radius 3 is 3.24 bits per heavy atom. The maximum Gasteiger partial charge on any atom is 0.160 e. The number of hydrogen-bond acceptors (Lipinski definition) is 5. The van der Waals surface area contributed by atoms with Crippen LogP contribution in [0, 0.1) is 0 Å². The van der Waals surface area contributed by atoms with Gasteiger partial charge in [-0.15, -0.1) is 0 Å². The first kappa shape index (κ1) is 9.76. The molecule has 3 aromatic rings. The summed E-state index contributed by atoms with van der Waals surface area (Å²) in [7, 11) is 0. The lowest BCUT2D eigenvalue weighted by molar-refractivity contribution is 0.725. The summed E-state index contributed by atoms with van der Waals surface area (Å²) in [4.78, 5) is 12.3. The molecule has 0 saturated carbocycles. The van der Waals surface area contributed by atoms with Crippen LogP contribution in [0.15, 0.2) is 31.2 Å². The van der Waals surface area contributed by atoms with Crippen molar-refractivity contribution in [2.75, 3.05) is 11.9 Å². The molecule has 0 spiro atoms. The topological polar surface area (TPSA) is 84.3 Å². The molecule has 0 amide bonds. The van der Waals surface area contributed by atoms with Gasteiger partial charge in [-0.1, -0.05) is 0 Å². The van der Waals surface area contributed by atoms with Gasteiger partial charge in [0.05, 0.1) is 17.9 Å². The Labute approximate surface area is 96.9 Å². The Bertz CT molecular complexity index is 598. The van der Waals surface area contributed by atoms with Crippen molar-refractivity contribution in [2.24, 2.45) is 0 Å². The normalized spacial score (nSPS) is 10.8. The Morgan fingerprint density at radius 1 is 1.35 bits per heavy atom. The van der Waals surface area contributed by atoms with Crippen molar-refractivity contribution in [1.29, 1.82) is 0 Å². The van der Waals surface area contributed by atoms with Gasteiger partial charge in [-0.3, -0.25) is 5.10 Å². The molecule has 0 saturated heterocycles. The van der Waals surface area contributed by atoms with E-state index in [1.165, 1.54) is 6.33 Å². The first-order chi connectivity index (χ1) is 8.43. The van der Waals surface area contributed by atoms with Crippen molar-refractivity contribution < 1.29 is 0 Å². The molecule has 3 heterocycles. The van der Waals surface area contributed by atoms with Gasteiger partial charge in [-0.2, -0.15) is 5.10 Å². The van der Waals surface area contributed by atoms with Crippen LogP contribution < -0.4 is 5.32 Å². The molecule has 0 radical (unpaired) electrons. The molecular formula is C10H11N7. The summed E-state index contributed by atoms with van der Waals surface area (Å²) in [5.41, 5.74) is 0.741. The van der Waals surface area contributed by atoms with Crippen molar-refractivity contribution in [2.45, 2.75) is 6.54 Å². The molecule has 7 heteroatoms. The van der Waals surface area contributed by atoms with E-state index in [1.54, 1.807) is 18.7 Å². The standard InChI is InChI=1S/C10H11N7/c1-3-17(7-11-1)4-2-12-9-8-5-15-16-10(8)14-6-13-9/h1,3,5-7H,2,4H2,(H2,12,13,14,15,16). The van der Waals surface area contributed by atoms with Crippen LogP contribution >= 0.6 is 0 Å². The fraction of sp³-hybridized carbons (Fsp3) is 0.200. The van der Waals surface area contributed by atoms with E-state index in [9.17, 15) is 0 Å². The molecule has 0 atom stereocenters. The minimum absolute atomic E-state index is 0.741. The second-order valence-corrected chi connectivity index (χ2v) is 3.58. The summed E-state index contributed by atoms with van der Waals surface area (Å²) in [5, 5.41) is 10.9. The number of nitrogens with one attached hydrogen (secondary N) is 2. The lowest BCUT2D eigenvalue weighted by Gasteiger charge is -2.06. The van der Waals surface area contributed by atoms with Gasteiger partial charge < -0.3 is 9.88 Å². The highest BCUT2D eigenvalue weighted by molar-refractivity contribution is 5.85. The number of H-pyrrole nitrogens is 1. The lowest BCUT2D eigenvalue weighted by Crippen LogP contribution is -2.10. The average Bonchev–Trinajstić information content (AvgIpc) is 2.99. The van der Waals surface area contributed by atoms with E-state index in [2.05, 4.69) is 30.5 Å². The maximum absolute atomic E-state index is 4.19. The van der Waals surface area contributed by atoms with Crippen molar-refractivity contribution >= 4 is 16.9 Å². The molecule has 0 aromatic carbocycles. The fourth-order valence-electron chi connectivity index (χ4n) is 1.63. The number of aromatic amines is 1. The predicted octanol–water partition coefficient (Wildman–Crippen LogP) is 0.661. The SMILES string of the molecule is c1cn(CCNc2ncnc3[nH]ncc23)cn1. The molecule has 3 aromatic heterocycles. The van der Waals surface area contributed by atoms with Crippen LogP contribution in [0.5, 0.6) is 0 Å². The lowest BCUT2D eigenvalue weighted by atomic mass is 10.4. The minimum atomic E-state index is 0.741. The molecule has 0 fully saturated rings. The van der Waals surface area contributed by atoms with E-state index in [1.807, 2.05) is 10.8 Å². The summed E-state index contributed by atoms with van der Waals surface area (Å²) in [5.74, 6) is 0.795. The number of imidazole rings is 1. The Kier molecular flexibility index (Phi) is 2.41. The van der Waals surface area contributed by atoms with Gasteiger partial charge in [0.15, 0.2) is 5.65 Å². The number of nitrogens with zero attached hydrogens (tertiary/aromatic N) is 5. The Morgan fingerprint density at radius 2 is 2.35 bits per heavy atom. The third-order valence-electron chi connectivity index (χ3n) is 2.47. The van der Waals surface area contributed by atoms with Gasteiger partial charge in [0, 0.05) is 25.5 Å². The summed E-state index contributed by atoms with van der Waals surface area (Å²) < 4.78 is 2.00. The molecule has 0 aliphatic heterocycles. The van der Waals surface area contributed by atoms with Crippen LogP contribution in [-0.4, -0.2) is 36.3 Å². The zero-order valence-corrected chi connectivity index (χ0v) is 9.04. The van der Waals surface area contributed by atoms with Crippen LogP contribution in [0.4, 0.5) is 5.82 Å². The third-order valence-corrected chi connectivity index (χ3v) is 2.47. The van der Waals surface area contributed by atoms with Gasteiger partial charge in [-0.25, -0.2) is 15.0 Å².